The highest BCUT2D eigenvalue weighted by atomic mass is 19.4. The number of hydrogen-bond acceptors (Lipinski definition) is 3. The molecule has 0 fully saturated rings. The lowest BCUT2D eigenvalue weighted by Gasteiger charge is -2.13. The van der Waals surface area contributed by atoms with Gasteiger partial charge in [-0.05, 0) is 36.2 Å². The Kier molecular flexibility index (Phi) is 5.62. The number of halogens is 4. The average molecular weight is 393 g/mol. The van der Waals surface area contributed by atoms with Gasteiger partial charge in [-0.2, -0.15) is 18.3 Å². The number of rotatable bonds is 5. The first-order valence-corrected chi connectivity index (χ1v) is 8.25. The Morgan fingerprint density at radius 3 is 2.39 bits per heavy atom. The summed E-state index contributed by atoms with van der Waals surface area (Å²) in [6.45, 7) is 0.191. The molecule has 0 atom stereocenters. The van der Waals surface area contributed by atoms with Crippen LogP contribution in [-0.2, 0) is 12.6 Å². The highest BCUT2D eigenvalue weighted by Crippen LogP contribution is 2.37. The van der Waals surface area contributed by atoms with Crippen LogP contribution >= 0.6 is 0 Å². The molecule has 0 radical (unpaired) electrons. The Hall–Kier alpha value is -3.36. The number of ether oxygens (including phenoxy) is 1. The van der Waals surface area contributed by atoms with Crippen molar-refractivity contribution in [2.24, 2.45) is 0 Å². The molecule has 0 aliphatic carbocycles. The first-order valence-electron chi connectivity index (χ1n) is 8.25. The van der Waals surface area contributed by atoms with Crippen LogP contribution in [0.5, 0.6) is 5.75 Å². The second-order valence-electron chi connectivity index (χ2n) is 5.80. The van der Waals surface area contributed by atoms with Crippen LogP contribution in [0, 0.1) is 5.82 Å². The van der Waals surface area contributed by atoms with E-state index in [0.717, 1.165) is 36.0 Å². The molecule has 1 heterocycles. The summed E-state index contributed by atoms with van der Waals surface area (Å²) in [4.78, 5) is 11.9. The van der Waals surface area contributed by atoms with Crippen molar-refractivity contribution < 1.29 is 27.1 Å². The quantitative estimate of drug-likeness (QED) is 0.656. The molecule has 3 aromatic rings. The van der Waals surface area contributed by atoms with Crippen LogP contribution in [0.3, 0.4) is 0 Å². The van der Waals surface area contributed by atoms with Gasteiger partial charge >= 0.3 is 12.3 Å². The third kappa shape index (κ3) is 4.67. The number of aromatic nitrogens is 2. The molecule has 0 bridgehead atoms. The zero-order chi connectivity index (χ0) is 20.1. The van der Waals surface area contributed by atoms with E-state index >= 15 is 0 Å². The topological polar surface area (TPSA) is 56.1 Å². The van der Waals surface area contributed by atoms with E-state index in [0.29, 0.717) is 11.1 Å². The zero-order valence-corrected chi connectivity index (χ0v) is 14.4. The van der Waals surface area contributed by atoms with Gasteiger partial charge in [-0.15, -0.1) is 0 Å². The summed E-state index contributed by atoms with van der Waals surface area (Å²) < 4.78 is 58.8. The molecule has 0 saturated carbocycles. The zero-order valence-electron chi connectivity index (χ0n) is 14.4. The molecule has 5 nitrogen and oxygen atoms in total. The molecule has 1 aromatic heterocycles. The van der Waals surface area contributed by atoms with E-state index < -0.39 is 29.5 Å². The first-order chi connectivity index (χ1) is 13.3. The van der Waals surface area contributed by atoms with Crippen molar-refractivity contribution in [2.45, 2.75) is 12.6 Å². The minimum atomic E-state index is -4.84. The van der Waals surface area contributed by atoms with Gasteiger partial charge in [0.15, 0.2) is 11.4 Å². The van der Waals surface area contributed by atoms with Crippen molar-refractivity contribution >= 4 is 6.09 Å². The van der Waals surface area contributed by atoms with Gasteiger partial charge in [-0.3, -0.25) is 0 Å². The molecule has 0 aliphatic heterocycles. The van der Waals surface area contributed by atoms with Gasteiger partial charge in [0.25, 0.3) is 0 Å². The van der Waals surface area contributed by atoms with Crippen molar-refractivity contribution in [2.75, 3.05) is 6.54 Å². The number of benzene rings is 2. The van der Waals surface area contributed by atoms with Crippen LogP contribution in [-0.4, -0.2) is 22.4 Å². The van der Waals surface area contributed by atoms with Gasteiger partial charge in [0.1, 0.15) is 5.82 Å². The van der Waals surface area contributed by atoms with E-state index in [2.05, 4.69) is 10.4 Å². The van der Waals surface area contributed by atoms with Crippen LogP contribution in [0.4, 0.5) is 22.4 Å². The maximum absolute atomic E-state index is 13.5. The number of nitrogens with zero attached hydrogens (tertiary/aromatic N) is 2. The van der Waals surface area contributed by atoms with Gasteiger partial charge in [0, 0.05) is 6.54 Å². The molecular weight excluding hydrogens is 378 g/mol. The Morgan fingerprint density at radius 1 is 1.07 bits per heavy atom. The van der Waals surface area contributed by atoms with E-state index in [4.69, 9.17) is 4.74 Å². The minimum Gasteiger partial charge on any atom is -0.406 e. The molecular formula is C19H15F4N3O2. The fourth-order valence-corrected chi connectivity index (χ4v) is 2.54. The molecule has 1 N–H and O–H groups in total. The lowest BCUT2D eigenvalue weighted by Crippen LogP contribution is -2.29. The van der Waals surface area contributed by atoms with Gasteiger partial charge in [0.2, 0.25) is 0 Å². The fraction of sp³-hybridized carbons (Fsp3) is 0.158. The summed E-state index contributed by atoms with van der Waals surface area (Å²) in [5, 5.41) is 6.03. The second kappa shape index (κ2) is 8.12. The van der Waals surface area contributed by atoms with Crippen molar-refractivity contribution in [3.8, 4) is 11.4 Å². The van der Waals surface area contributed by atoms with Crippen LogP contribution in [0.1, 0.15) is 11.3 Å². The van der Waals surface area contributed by atoms with Crippen LogP contribution in [0.15, 0.2) is 60.8 Å². The molecule has 146 valence electrons. The van der Waals surface area contributed by atoms with Gasteiger partial charge in [0.05, 0.1) is 11.9 Å². The largest absolute Gasteiger partial charge is 0.437 e. The summed E-state index contributed by atoms with van der Waals surface area (Å²) >= 11 is 0. The smallest absolute Gasteiger partial charge is 0.406 e. The number of carbonyl (C=O) groups excluding carboxylic acids is 1. The SMILES string of the molecule is O=C(NCCc1ccccc1)Oc1cnn(-c2ccc(F)cc2)c1C(F)(F)F. The van der Waals surface area contributed by atoms with E-state index in [1.54, 1.807) is 0 Å². The van der Waals surface area contributed by atoms with Crippen LogP contribution in [0.25, 0.3) is 5.69 Å². The van der Waals surface area contributed by atoms with E-state index in [1.807, 2.05) is 30.3 Å². The second-order valence-corrected chi connectivity index (χ2v) is 5.80. The molecule has 2 aromatic carbocycles. The Bertz CT molecular complexity index is 938. The normalized spacial score (nSPS) is 11.3. The van der Waals surface area contributed by atoms with Gasteiger partial charge in [-0.25, -0.2) is 13.9 Å². The average Bonchev–Trinajstić information content (AvgIpc) is 3.07. The molecule has 0 spiro atoms. The third-order valence-corrected chi connectivity index (χ3v) is 3.80. The van der Waals surface area contributed by atoms with Crippen LogP contribution in [0.2, 0.25) is 0 Å². The summed E-state index contributed by atoms with van der Waals surface area (Å²) in [6.07, 6.45) is -4.58. The summed E-state index contributed by atoms with van der Waals surface area (Å²) in [5.74, 6) is -1.34. The molecule has 1 amide bonds. The Morgan fingerprint density at radius 2 is 1.75 bits per heavy atom. The highest BCUT2D eigenvalue weighted by Gasteiger charge is 2.40. The minimum absolute atomic E-state index is 0.0203. The maximum atomic E-state index is 13.5. The monoisotopic (exact) mass is 393 g/mol. The predicted molar refractivity (Wildman–Crippen MR) is 92.7 cm³/mol. The van der Waals surface area contributed by atoms with E-state index in [1.165, 1.54) is 0 Å². The van der Waals surface area contributed by atoms with Crippen molar-refractivity contribution in [3.05, 3.63) is 77.9 Å². The molecule has 0 unspecified atom stereocenters. The predicted octanol–water partition coefficient (Wildman–Crippen LogP) is 4.36. The summed E-state index contributed by atoms with van der Waals surface area (Å²) in [7, 11) is 0. The lowest BCUT2D eigenvalue weighted by atomic mass is 10.1. The first kappa shape index (κ1) is 19.4. The fourth-order valence-electron chi connectivity index (χ4n) is 2.54. The number of carbonyl (C=O) groups is 1. The molecule has 9 heteroatoms. The van der Waals surface area contributed by atoms with Gasteiger partial charge in [-0.1, -0.05) is 30.3 Å². The lowest BCUT2D eigenvalue weighted by molar-refractivity contribution is -0.143. The van der Waals surface area contributed by atoms with Crippen molar-refractivity contribution in [1.29, 1.82) is 0 Å². The maximum Gasteiger partial charge on any atom is 0.437 e. The van der Waals surface area contributed by atoms with Crippen LogP contribution < -0.4 is 10.1 Å². The molecule has 3 rings (SSSR count). The third-order valence-electron chi connectivity index (χ3n) is 3.80. The van der Waals surface area contributed by atoms with Crippen molar-refractivity contribution in [3.63, 3.8) is 0 Å². The summed E-state index contributed by atoms with van der Waals surface area (Å²) in [5.41, 5.74) is -0.326. The van der Waals surface area contributed by atoms with Crippen molar-refractivity contribution in [1.82, 2.24) is 15.1 Å². The number of alkyl halides is 3. The number of nitrogens with one attached hydrogen (secondary N) is 1. The number of amides is 1. The molecule has 0 aliphatic rings. The molecule has 28 heavy (non-hydrogen) atoms. The Balaban J connectivity index is 1.72. The number of hydrogen-bond donors (Lipinski definition) is 1. The van der Waals surface area contributed by atoms with Gasteiger partial charge < -0.3 is 10.1 Å². The van der Waals surface area contributed by atoms with E-state index in [-0.39, 0.29) is 12.2 Å². The summed E-state index contributed by atoms with van der Waals surface area (Å²) in [6, 6.07) is 13.6. The standard InChI is InChI=1S/C19H15F4N3O2/c20-14-6-8-15(9-7-14)26-17(19(21,22)23)16(12-25-26)28-18(27)24-11-10-13-4-2-1-3-5-13/h1-9,12H,10-11H2,(H,24,27). The molecule has 0 saturated heterocycles. The Labute approximate surface area is 157 Å². The highest BCUT2D eigenvalue weighted by molar-refractivity contribution is 5.70. The van der Waals surface area contributed by atoms with E-state index in [9.17, 15) is 22.4 Å².